The molecular formula is C20H30ClN3O2. The third-order valence-corrected chi connectivity index (χ3v) is 5.31. The number of piperidine rings is 1. The molecule has 0 bridgehead atoms. The molecule has 0 spiro atoms. The average molecular weight is 380 g/mol. The van der Waals surface area contributed by atoms with Crippen molar-refractivity contribution in [2.75, 3.05) is 33.7 Å². The van der Waals surface area contributed by atoms with E-state index >= 15 is 0 Å². The van der Waals surface area contributed by atoms with E-state index < -0.39 is 0 Å². The van der Waals surface area contributed by atoms with E-state index in [1.54, 1.807) is 0 Å². The van der Waals surface area contributed by atoms with Gasteiger partial charge in [-0.15, -0.1) is 0 Å². The molecule has 2 unspecified atom stereocenters. The zero-order chi connectivity index (χ0) is 19.1. The Labute approximate surface area is 161 Å². The van der Waals surface area contributed by atoms with Gasteiger partial charge in [-0.2, -0.15) is 0 Å². The molecule has 26 heavy (non-hydrogen) atoms. The summed E-state index contributed by atoms with van der Waals surface area (Å²) in [6.07, 6.45) is 3.12. The largest absolute Gasteiger partial charge is 0.354 e. The molecule has 144 valence electrons. The zero-order valence-electron chi connectivity index (χ0n) is 16.0. The molecule has 1 aromatic carbocycles. The number of nitrogens with zero attached hydrogens (tertiary/aromatic N) is 2. The third-order valence-electron chi connectivity index (χ3n) is 4.97. The van der Waals surface area contributed by atoms with Gasteiger partial charge in [-0.25, -0.2) is 0 Å². The van der Waals surface area contributed by atoms with Crippen molar-refractivity contribution < 1.29 is 9.59 Å². The van der Waals surface area contributed by atoms with Crippen LogP contribution in [0.2, 0.25) is 5.02 Å². The highest BCUT2D eigenvalue weighted by Crippen LogP contribution is 2.26. The number of benzene rings is 1. The molecule has 0 radical (unpaired) electrons. The molecule has 2 atom stereocenters. The fourth-order valence-corrected chi connectivity index (χ4v) is 3.71. The normalized spacial score (nSPS) is 18.7. The first-order valence-electron chi connectivity index (χ1n) is 9.40. The fourth-order valence-electron chi connectivity index (χ4n) is 3.45. The van der Waals surface area contributed by atoms with Crippen LogP contribution in [0.4, 0.5) is 0 Å². The first-order chi connectivity index (χ1) is 12.4. The van der Waals surface area contributed by atoms with Gasteiger partial charge in [0, 0.05) is 31.1 Å². The van der Waals surface area contributed by atoms with E-state index in [0.29, 0.717) is 24.5 Å². The number of amides is 2. The molecule has 2 amide bonds. The predicted octanol–water partition coefficient (Wildman–Crippen LogP) is 3.10. The van der Waals surface area contributed by atoms with Crippen molar-refractivity contribution in [3.63, 3.8) is 0 Å². The number of hydrogen-bond acceptors (Lipinski definition) is 3. The van der Waals surface area contributed by atoms with Crippen LogP contribution >= 0.6 is 11.6 Å². The number of rotatable bonds is 7. The van der Waals surface area contributed by atoms with Crippen LogP contribution in [0.15, 0.2) is 24.3 Å². The molecule has 0 aromatic heterocycles. The molecule has 6 heteroatoms. The second kappa shape index (κ2) is 9.93. The van der Waals surface area contributed by atoms with Crippen LogP contribution in [0.3, 0.4) is 0 Å². The standard InChI is InChI=1S/C20H30ClN3O2/c1-4-8-19(25)24-12-7-9-15(14-24)20(26)22-13-18(23(2)3)16-10-5-6-11-17(16)21/h5-6,10-11,15,18H,4,7-9,12-14H2,1-3H3,(H,22,26). The maximum Gasteiger partial charge on any atom is 0.224 e. The van der Waals surface area contributed by atoms with Crippen LogP contribution in [0.25, 0.3) is 0 Å². The van der Waals surface area contributed by atoms with Gasteiger partial charge in [-0.05, 0) is 45.0 Å². The molecule has 1 aliphatic rings. The summed E-state index contributed by atoms with van der Waals surface area (Å²) in [5.41, 5.74) is 1.00. The molecule has 1 saturated heterocycles. The van der Waals surface area contributed by atoms with E-state index in [1.807, 2.05) is 50.2 Å². The summed E-state index contributed by atoms with van der Waals surface area (Å²) < 4.78 is 0. The van der Waals surface area contributed by atoms with E-state index in [4.69, 9.17) is 11.6 Å². The van der Waals surface area contributed by atoms with E-state index in [1.165, 1.54) is 0 Å². The minimum Gasteiger partial charge on any atom is -0.354 e. The Balaban J connectivity index is 1.95. The maximum absolute atomic E-state index is 12.7. The Kier molecular flexibility index (Phi) is 7.91. The van der Waals surface area contributed by atoms with E-state index in [-0.39, 0.29) is 23.8 Å². The minimum atomic E-state index is -0.126. The van der Waals surface area contributed by atoms with E-state index in [0.717, 1.165) is 31.4 Å². The van der Waals surface area contributed by atoms with Gasteiger partial charge in [0.2, 0.25) is 11.8 Å². The molecule has 1 N–H and O–H groups in total. The van der Waals surface area contributed by atoms with Crippen molar-refractivity contribution in [1.82, 2.24) is 15.1 Å². The van der Waals surface area contributed by atoms with Crippen molar-refractivity contribution in [3.8, 4) is 0 Å². The van der Waals surface area contributed by atoms with Gasteiger partial charge in [0.1, 0.15) is 0 Å². The number of likely N-dealkylation sites (tertiary alicyclic amines) is 1. The van der Waals surface area contributed by atoms with Crippen LogP contribution in [0, 0.1) is 5.92 Å². The fraction of sp³-hybridized carbons (Fsp3) is 0.600. The van der Waals surface area contributed by atoms with Crippen LogP contribution < -0.4 is 5.32 Å². The summed E-state index contributed by atoms with van der Waals surface area (Å²) in [5.74, 6) is 0.0590. The average Bonchev–Trinajstić information content (AvgIpc) is 2.63. The number of carbonyl (C=O) groups excluding carboxylic acids is 2. The Morgan fingerprint density at radius 1 is 1.35 bits per heavy atom. The van der Waals surface area contributed by atoms with Crippen LogP contribution in [0.1, 0.15) is 44.2 Å². The Hall–Kier alpha value is -1.59. The third kappa shape index (κ3) is 5.45. The summed E-state index contributed by atoms with van der Waals surface area (Å²) in [5, 5.41) is 3.78. The van der Waals surface area contributed by atoms with Gasteiger partial charge in [-0.1, -0.05) is 36.7 Å². The summed E-state index contributed by atoms with van der Waals surface area (Å²) >= 11 is 6.33. The smallest absolute Gasteiger partial charge is 0.224 e. The SMILES string of the molecule is CCCC(=O)N1CCCC(C(=O)NCC(c2ccccc2Cl)N(C)C)C1. The molecule has 1 fully saturated rings. The molecule has 1 aromatic rings. The summed E-state index contributed by atoms with van der Waals surface area (Å²) in [7, 11) is 3.96. The molecule has 1 aliphatic heterocycles. The molecular weight excluding hydrogens is 350 g/mol. The quantitative estimate of drug-likeness (QED) is 0.792. The minimum absolute atomic E-state index is 0.00840. The Bertz CT molecular complexity index is 621. The summed E-state index contributed by atoms with van der Waals surface area (Å²) in [6.45, 7) is 3.79. The van der Waals surface area contributed by atoms with E-state index in [2.05, 4.69) is 10.2 Å². The molecule has 2 rings (SSSR count). The van der Waals surface area contributed by atoms with Gasteiger partial charge in [0.05, 0.1) is 12.0 Å². The molecule has 1 heterocycles. The first-order valence-corrected chi connectivity index (χ1v) is 9.78. The van der Waals surface area contributed by atoms with Crippen LogP contribution in [0.5, 0.6) is 0 Å². The number of nitrogens with one attached hydrogen (secondary N) is 1. The Morgan fingerprint density at radius 2 is 2.08 bits per heavy atom. The lowest BCUT2D eigenvalue weighted by atomic mass is 9.96. The summed E-state index contributed by atoms with van der Waals surface area (Å²) in [4.78, 5) is 28.7. The van der Waals surface area contributed by atoms with Gasteiger partial charge in [-0.3, -0.25) is 9.59 Å². The molecule has 0 aliphatic carbocycles. The first kappa shape index (κ1) is 20.7. The van der Waals surface area contributed by atoms with Crippen molar-refractivity contribution in [3.05, 3.63) is 34.9 Å². The van der Waals surface area contributed by atoms with Crippen molar-refractivity contribution >= 4 is 23.4 Å². The second-order valence-corrected chi connectivity index (χ2v) is 7.58. The number of carbonyl (C=O) groups is 2. The van der Waals surface area contributed by atoms with Crippen molar-refractivity contribution in [2.45, 2.75) is 38.6 Å². The van der Waals surface area contributed by atoms with Gasteiger partial charge in [0.25, 0.3) is 0 Å². The van der Waals surface area contributed by atoms with Crippen LogP contribution in [-0.2, 0) is 9.59 Å². The highest BCUT2D eigenvalue weighted by atomic mass is 35.5. The highest BCUT2D eigenvalue weighted by molar-refractivity contribution is 6.31. The number of halogens is 1. The number of likely N-dealkylation sites (N-methyl/N-ethyl adjacent to an activating group) is 1. The van der Waals surface area contributed by atoms with Crippen molar-refractivity contribution in [2.24, 2.45) is 5.92 Å². The van der Waals surface area contributed by atoms with Crippen molar-refractivity contribution in [1.29, 1.82) is 0 Å². The lowest BCUT2D eigenvalue weighted by molar-refractivity contribution is -0.135. The van der Waals surface area contributed by atoms with Gasteiger partial charge >= 0.3 is 0 Å². The van der Waals surface area contributed by atoms with Crippen LogP contribution in [-0.4, -0.2) is 55.3 Å². The second-order valence-electron chi connectivity index (χ2n) is 7.17. The van der Waals surface area contributed by atoms with Gasteiger partial charge in [0.15, 0.2) is 0 Å². The van der Waals surface area contributed by atoms with E-state index in [9.17, 15) is 9.59 Å². The Morgan fingerprint density at radius 3 is 2.73 bits per heavy atom. The predicted molar refractivity (Wildman–Crippen MR) is 105 cm³/mol. The topological polar surface area (TPSA) is 52.7 Å². The lowest BCUT2D eigenvalue weighted by Crippen LogP contribution is -2.46. The number of hydrogen-bond donors (Lipinski definition) is 1. The monoisotopic (exact) mass is 379 g/mol. The highest BCUT2D eigenvalue weighted by Gasteiger charge is 2.28. The summed E-state index contributed by atoms with van der Waals surface area (Å²) in [6, 6.07) is 7.73. The molecule has 5 nitrogen and oxygen atoms in total. The lowest BCUT2D eigenvalue weighted by Gasteiger charge is -2.33. The maximum atomic E-state index is 12.7. The van der Waals surface area contributed by atoms with Gasteiger partial charge < -0.3 is 15.1 Å². The molecule has 0 saturated carbocycles. The zero-order valence-corrected chi connectivity index (χ0v) is 16.8.